The number of aromatic nitrogens is 5. The van der Waals surface area contributed by atoms with Gasteiger partial charge in [-0.2, -0.15) is 9.97 Å². The first-order valence-electron chi connectivity index (χ1n) is 22.4. The topological polar surface area (TPSA) is 48.5 Å². The van der Waals surface area contributed by atoms with E-state index in [1.807, 2.05) is 24.3 Å². The number of nitrogens with zero attached hydrogens (tertiary/aromatic N) is 5. The zero-order valence-corrected chi connectivity index (χ0v) is 36.5. The number of fused-ring (bicyclic) bond motifs is 8. The maximum Gasteiger partial charge on any atom is 0.238 e. The van der Waals surface area contributed by atoms with Gasteiger partial charge in [0.25, 0.3) is 0 Å². The highest BCUT2D eigenvalue weighted by Gasteiger charge is 2.37. The normalized spacial score (nSPS) is 14.4. The highest BCUT2D eigenvalue weighted by atomic mass is 15.2. The van der Waals surface area contributed by atoms with Crippen LogP contribution in [-0.4, -0.2) is 24.1 Å². The molecule has 0 unspecified atom stereocenters. The van der Waals surface area contributed by atoms with Gasteiger partial charge >= 0.3 is 0 Å². The predicted molar refractivity (Wildman–Crippen MR) is 266 cm³/mol. The van der Waals surface area contributed by atoms with Crippen molar-refractivity contribution in [2.75, 3.05) is 0 Å². The second kappa shape index (κ2) is 14.5. The Hall–Kier alpha value is -7.63. The average Bonchev–Trinajstić information content (AvgIpc) is 3.86. The molecular formula is C59H47N5. The fourth-order valence-corrected chi connectivity index (χ4v) is 10.3. The molecule has 11 aromatic rings. The lowest BCUT2D eigenvalue weighted by Crippen LogP contribution is -2.33. The summed E-state index contributed by atoms with van der Waals surface area (Å²) in [4.78, 5) is 15.6. The molecule has 0 atom stereocenters. The Bertz CT molecular complexity index is 3580. The number of para-hydroxylation sites is 2. The molecule has 12 rings (SSSR count). The van der Waals surface area contributed by atoms with Crippen LogP contribution in [0.3, 0.4) is 0 Å². The molecule has 5 nitrogen and oxygen atoms in total. The van der Waals surface area contributed by atoms with Crippen LogP contribution in [0.5, 0.6) is 0 Å². The lowest BCUT2D eigenvalue weighted by molar-refractivity contribution is 0.332. The van der Waals surface area contributed by atoms with Crippen LogP contribution in [0, 0.1) is 0 Å². The van der Waals surface area contributed by atoms with E-state index in [9.17, 15) is 0 Å². The molecule has 0 aliphatic heterocycles. The van der Waals surface area contributed by atoms with Crippen molar-refractivity contribution in [2.45, 2.75) is 51.4 Å². The van der Waals surface area contributed by atoms with Gasteiger partial charge in [0, 0.05) is 38.4 Å². The zero-order valence-electron chi connectivity index (χ0n) is 36.5. The maximum absolute atomic E-state index is 5.28. The third-order valence-corrected chi connectivity index (χ3v) is 13.9. The van der Waals surface area contributed by atoms with Gasteiger partial charge in [-0.25, -0.2) is 4.98 Å². The molecule has 0 radical (unpaired) electrons. The number of rotatable bonds is 6. The Morgan fingerprint density at radius 3 is 1.42 bits per heavy atom. The van der Waals surface area contributed by atoms with Crippen molar-refractivity contribution < 1.29 is 0 Å². The molecule has 0 amide bonds. The van der Waals surface area contributed by atoms with Crippen LogP contribution >= 0.6 is 0 Å². The van der Waals surface area contributed by atoms with Crippen LogP contribution in [0.15, 0.2) is 188 Å². The minimum absolute atomic E-state index is 0.156. The molecule has 0 saturated carbocycles. The molecule has 0 saturated heterocycles. The summed E-state index contributed by atoms with van der Waals surface area (Å²) in [5.41, 5.74) is 15.5. The SMILES string of the molecule is CC1(C)CCC(C)(C)c2cc(-c3ccc(-n4c5ccccc5c5c6c7ccccc7n(-c7nc(-c8ccccc8)nc(-c8ccc(-c9ccccc9)cc8)n7)c6ccc54)cc3)ccc21. The van der Waals surface area contributed by atoms with Crippen LogP contribution in [0.1, 0.15) is 51.7 Å². The number of hydrogen-bond donors (Lipinski definition) is 0. The van der Waals surface area contributed by atoms with Gasteiger partial charge in [0.1, 0.15) is 0 Å². The predicted octanol–water partition coefficient (Wildman–Crippen LogP) is 15.1. The van der Waals surface area contributed by atoms with Gasteiger partial charge in [-0.05, 0) is 93.5 Å². The summed E-state index contributed by atoms with van der Waals surface area (Å²) in [7, 11) is 0. The second-order valence-electron chi connectivity index (χ2n) is 18.7. The fourth-order valence-electron chi connectivity index (χ4n) is 10.3. The van der Waals surface area contributed by atoms with Crippen molar-refractivity contribution in [3.63, 3.8) is 0 Å². The Morgan fingerprint density at radius 2 is 0.797 bits per heavy atom. The minimum atomic E-state index is 0.156. The average molecular weight is 826 g/mol. The third-order valence-electron chi connectivity index (χ3n) is 13.9. The summed E-state index contributed by atoms with van der Waals surface area (Å²) in [5.74, 6) is 1.83. The first-order chi connectivity index (χ1) is 31.2. The van der Waals surface area contributed by atoms with Gasteiger partial charge in [-0.3, -0.25) is 4.57 Å². The standard InChI is InChI=1S/C59H47N5/c1-58(2)35-36-59(3,4)48-37-43(29-32-47(48)58)40-27-30-44(31-28-40)63-49-21-13-11-19-45(49)53-51(63)33-34-52-54(53)46-20-12-14-22-50(46)64(52)57-61-55(41-17-9-6-10-18-41)60-56(62-57)42-25-23-39(24-26-42)38-15-7-5-8-16-38/h5-34,37H,35-36H2,1-4H3. The first-order valence-corrected chi connectivity index (χ1v) is 22.4. The molecule has 0 spiro atoms. The minimum Gasteiger partial charge on any atom is -0.309 e. The lowest BCUT2D eigenvalue weighted by Gasteiger charge is -2.42. The molecule has 5 heteroatoms. The summed E-state index contributed by atoms with van der Waals surface area (Å²) in [6.45, 7) is 9.59. The van der Waals surface area contributed by atoms with Gasteiger partial charge in [-0.15, -0.1) is 0 Å². The molecule has 64 heavy (non-hydrogen) atoms. The molecule has 0 fully saturated rings. The number of benzene rings is 8. The van der Waals surface area contributed by atoms with E-state index in [1.165, 1.54) is 62.3 Å². The highest BCUT2D eigenvalue weighted by Crippen LogP contribution is 2.47. The van der Waals surface area contributed by atoms with Crippen molar-refractivity contribution in [3.8, 4) is 56.7 Å². The first kappa shape index (κ1) is 38.1. The molecular weight excluding hydrogens is 779 g/mol. The van der Waals surface area contributed by atoms with Crippen LogP contribution in [0.4, 0.5) is 0 Å². The number of hydrogen-bond acceptors (Lipinski definition) is 3. The van der Waals surface area contributed by atoms with Crippen molar-refractivity contribution >= 4 is 43.6 Å². The fraction of sp³-hybridized carbons (Fsp3) is 0.136. The van der Waals surface area contributed by atoms with E-state index in [0.717, 1.165) is 44.3 Å². The Kier molecular flexibility index (Phi) is 8.61. The molecule has 0 bridgehead atoms. The lowest BCUT2D eigenvalue weighted by atomic mass is 9.63. The van der Waals surface area contributed by atoms with Gasteiger partial charge in [-0.1, -0.05) is 179 Å². The van der Waals surface area contributed by atoms with Crippen LogP contribution in [0.2, 0.25) is 0 Å². The van der Waals surface area contributed by atoms with Gasteiger partial charge in [0.15, 0.2) is 11.6 Å². The van der Waals surface area contributed by atoms with Gasteiger partial charge in [0.2, 0.25) is 5.95 Å². The van der Waals surface area contributed by atoms with E-state index in [4.69, 9.17) is 15.0 Å². The zero-order chi connectivity index (χ0) is 43.2. The monoisotopic (exact) mass is 825 g/mol. The third kappa shape index (κ3) is 6.10. The van der Waals surface area contributed by atoms with Crippen molar-refractivity contribution in [1.82, 2.24) is 24.1 Å². The summed E-state index contributed by atoms with van der Waals surface area (Å²) in [6.07, 6.45) is 2.41. The van der Waals surface area contributed by atoms with E-state index >= 15 is 0 Å². The molecule has 8 aromatic carbocycles. The Labute approximate surface area is 373 Å². The van der Waals surface area contributed by atoms with E-state index in [2.05, 4.69) is 201 Å². The summed E-state index contributed by atoms with van der Waals surface area (Å²) in [5, 5.41) is 4.74. The quantitative estimate of drug-likeness (QED) is 0.168. The van der Waals surface area contributed by atoms with Gasteiger partial charge in [0.05, 0.1) is 22.1 Å². The largest absolute Gasteiger partial charge is 0.309 e. The summed E-state index contributed by atoms with van der Waals surface area (Å²) >= 11 is 0. The van der Waals surface area contributed by atoms with E-state index < -0.39 is 0 Å². The van der Waals surface area contributed by atoms with Crippen molar-refractivity contribution in [1.29, 1.82) is 0 Å². The molecule has 1 aliphatic carbocycles. The highest BCUT2D eigenvalue weighted by molar-refractivity contribution is 6.28. The molecule has 3 heterocycles. The Balaban J connectivity index is 1.03. The maximum atomic E-state index is 5.28. The van der Waals surface area contributed by atoms with E-state index in [1.54, 1.807) is 0 Å². The van der Waals surface area contributed by atoms with E-state index in [-0.39, 0.29) is 10.8 Å². The van der Waals surface area contributed by atoms with E-state index in [0.29, 0.717) is 17.6 Å². The summed E-state index contributed by atoms with van der Waals surface area (Å²) < 4.78 is 4.65. The smallest absolute Gasteiger partial charge is 0.238 e. The second-order valence-corrected chi connectivity index (χ2v) is 18.7. The van der Waals surface area contributed by atoms with Crippen LogP contribution < -0.4 is 0 Å². The Morgan fingerprint density at radius 1 is 0.359 bits per heavy atom. The van der Waals surface area contributed by atoms with Crippen LogP contribution in [0.25, 0.3) is 100 Å². The van der Waals surface area contributed by atoms with Gasteiger partial charge < -0.3 is 4.57 Å². The molecule has 308 valence electrons. The van der Waals surface area contributed by atoms with Crippen molar-refractivity contribution in [2.24, 2.45) is 0 Å². The summed E-state index contributed by atoms with van der Waals surface area (Å²) in [6, 6.07) is 67.5. The molecule has 0 N–H and O–H groups in total. The molecule has 3 aromatic heterocycles. The molecule has 1 aliphatic rings. The van der Waals surface area contributed by atoms with Crippen molar-refractivity contribution in [3.05, 3.63) is 199 Å². The van der Waals surface area contributed by atoms with Crippen LogP contribution in [-0.2, 0) is 10.8 Å².